The molecule has 3 amide bonds. The van der Waals surface area contributed by atoms with Crippen LogP contribution < -0.4 is 62.2 Å². The second kappa shape index (κ2) is 41.6. The molecule has 8 rings (SSSR count). The van der Waals surface area contributed by atoms with Crippen molar-refractivity contribution < 1.29 is 67.2 Å². The molecule has 92 heavy (non-hydrogen) atoms. The quantitative estimate of drug-likeness (QED) is 0.0366. The van der Waals surface area contributed by atoms with Crippen LogP contribution in [0.3, 0.4) is 0 Å². The summed E-state index contributed by atoms with van der Waals surface area (Å²) in [6.07, 6.45) is 2.76. The molecule has 0 aliphatic heterocycles. The van der Waals surface area contributed by atoms with E-state index in [1.807, 2.05) is 20.1 Å². The van der Waals surface area contributed by atoms with Gasteiger partial charge in [0.15, 0.2) is 48.9 Å². The Hall–Kier alpha value is -7.79. The summed E-state index contributed by atoms with van der Waals surface area (Å²) in [4.78, 5) is 63.2. The molecule has 0 saturated carbocycles. The zero-order chi connectivity index (χ0) is 75.7. The molecule has 8 aromatic heterocycles. The van der Waals surface area contributed by atoms with Crippen LogP contribution in [-0.4, -0.2) is 143 Å². The Kier molecular flexibility index (Phi) is 31.0. The second-order valence-corrected chi connectivity index (χ2v) is 30.1. The van der Waals surface area contributed by atoms with Crippen LogP contribution in [0.25, 0.3) is 6.15 Å². The summed E-state index contributed by atoms with van der Waals surface area (Å²) >= 11 is 18.3. The minimum absolute atomic E-state index is 0. The molecule has 492 valence electrons. The van der Waals surface area contributed by atoms with Gasteiger partial charge in [-0.25, -0.2) is 43.3 Å². The number of carbonyl (C=O) groups excluding carboxylic acids is 3. The first kappa shape index (κ1) is 68.6. The number of nitrogens with two attached hydrogens (primary N) is 3. The normalized spacial score (nSPS) is 11.9. The van der Waals surface area contributed by atoms with Crippen molar-refractivity contribution in [1.29, 1.82) is 0 Å². The average molecular weight is 1410 g/mol. The van der Waals surface area contributed by atoms with Crippen molar-refractivity contribution in [2.24, 2.45) is 0 Å². The molecule has 8 aromatic rings. The average Bonchev–Trinajstić information content (AvgIpc) is 0.804. The van der Waals surface area contributed by atoms with Gasteiger partial charge in [0.05, 0.1) is 16.4 Å². The topological polar surface area (TPSA) is 411 Å². The van der Waals surface area contributed by atoms with Gasteiger partial charge in [-0.2, -0.15) is 13.2 Å². The Morgan fingerprint density at radius 2 is 1.00 bits per heavy atom. The van der Waals surface area contributed by atoms with Crippen LogP contribution in [0.2, 0.25) is 54.6 Å². The molecule has 0 spiro atoms. The van der Waals surface area contributed by atoms with Crippen LogP contribution >= 0.6 is 46.6 Å². The van der Waals surface area contributed by atoms with Crippen molar-refractivity contribution in [3.05, 3.63) is 152 Å². The maximum atomic E-state index is 13.8. The number of carbonyl (C=O) groups is 3. The van der Waals surface area contributed by atoms with Crippen LogP contribution in [0.4, 0.5) is 59.5 Å². The Morgan fingerprint density at radius 1 is 0.554 bits per heavy atom. The van der Waals surface area contributed by atoms with Crippen LogP contribution in [0.1, 0.15) is 72.4 Å². The number of amides is 3. The zero-order valence-electron chi connectivity index (χ0n) is 61.2. The number of nitrogens with zero attached hydrogens (tertiary/aromatic N) is 13. The van der Waals surface area contributed by atoms with E-state index in [0.29, 0.717) is 28.7 Å². The van der Waals surface area contributed by atoms with Crippen LogP contribution in [0, 0.1) is 52.5 Å². The third-order valence-electron chi connectivity index (χ3n) is 9.33. The fourth-order valence-corrected chi connectivity index (χ4v) is 7.79. The zero-order valence-corrected chi connectivity index (χ0v) is 58.4. The van der Waals surface area contributed by atoms with Crippen LogP contribution in [0.5, 0.6) is 0 Å². The summed E-state index contributed by atoms with van der Waals surface area (Å²) in [7, 11) is -4.13. The third-order valence-corrected chi connectivity index (χ3v) is 11.9. The van der Waals surface area contributed by atoms with Crippen molar-refractivity contribution in [3.8, 4) is 0 Å². The summed E-state index contributed by atoms with van der Waals surface area (Å²) < 4.78 is 127. The molecule has 0 bridgehead atoms. The van der Waals surface area contributed by atoms with Gasteiger partial charge >= 0.3 is 18.9 Å². The first-order chi connectivity index (χ1) is 45.5. The summed E-state index contributed by atoms with van der Waals surface area (Å²) in [6.45, 7) is 14.5. The molecule has 0 aliphatic carbocycles. The van der Waals surface area contributed by atoms with E-state index >= 15 is 0 Å². The van der Waals surface area contributed by atoms with E-state index in [1.54, 1.807) is 54.9 Å². The Morgan fingerprint density at radius 3 is 1.49 bits per heavy atom. The predicted molar refractivity (Wildman–Crippen MR) is 360 cm³/mol. The van der Waals surface area contributed by atoms with E-state index in [1.165, 1.54) is 48.2 Å². The smallest absolute Gasteiger partial charge is 0.693 e. The summed E-state index contributed by atoms with van der Waals surface area (Å²) in [5.74, 6) is -3.17. The largest absolute Gasteiger partial charge is 1.00 e. The Labute approximate surface area is 579 Å². The number of pyridine rings is 3. The predicted octanol–water partition coefficient (Wildman–Crippen LogP) is 7.01. The molecular formula is C54H73Cl3F3LiN22O5S2Si2. The summed E-state index contributed by atoms with van der Waals surface area (Å²) in [5.41, 5.74) is 11.7. The summed E-state index contributed by atoms with van der Waals surface area (Å²) in [5, 5.41) is 34.8. The molecule has 27 nitrogen and oxygen atoms in total. The van der Waals surface area contributed by atoms with Gasteiger partial charge in [0, 0.05) is 97.7 Å². The molecule has 38 heteroatoms. The Balaban J connectivity index is 0.00000129. The van der Waals surface area contributed by atoms with Crippen LogP contribution in [0.15, 0.2) is 76.5 Å². The van der Waals surface area contributed by atoms with Gasteiger partial charge < -0.3 is 49.5 Å². The molecule has 0 saturated heterocycles. The number of rotatable bonds is 11. The number of aryl methyl sites for hydroxylation is 5. The van der Waals surface area contributed by atoms with Crippen LogP contribution in [-0.2, 0) is 9.84 Å². The maximum absolute atomic E-state index is 13.8. The van der Waals surface area contributed by atoms with Gasteiger partial charge in [0.25, 0.3) is 17.7 Å². The van der Waals surface area contributed by atoms with Gasteiger partial charge in [0.2, 0.25) is 17.8 Å². The molecule has 0 atom stereocenters. The van der Waals surface area contributed by atoms with Crippen molar-refractivity contribution in [1.82, 2.24) is 81.4 Å². The fourth-order valence-electron chi connectivity index (χ4n) is 5.99. The second-order valence-electron chi connectivity index (χ2n) is 19.2. The monoisotopic (exact) mass is 1410 g/mol. The van der Waals surface area contributed by atoms with E-state index < -0.39 is 77.8 Å². The first-order valence-electron chi connectivity index (χ1n) is 30.3. The number of nitrogen functional groups attached to an aromatic ring is 2. The van der Waals surface area contributed by atoms with Gasteiger partial charge in [-0.1, -0.05) is 80.2 Å². The summed E-state index contributed by atoms with van der Waals surface area (Å²) in [6, 6.07) is 14.5. The van der Waals surface area contributed by atoms with Gasteiger partial charge in [0.1, 0.15) is 39.8 Å². The van der Waals surface area contributed by atoms with E-state index in [9.17, 15) is 36.0 Å². The fraction of sp³-hybridized carbons (Fsp3) is 0.296. The van der Waals surface area contributed by atoms with Crippen molar-refractivity contribution in [2.75, 3.05) is 60.9 Å². The van der Waals surface area contributed by atoms with E-state index in [-0.39, 0.29) is 103 Å². The van der Waals surface area contributed by atoms with Gasteiger partial charge in [-0.3, -0.25) is 14.4 Å². The molecular weight excluding hydrogens is 1330 g/mol. The molecule has 0 unspecified atom stereocenters. The van der Waals surface area contributed by atoms with Gasteiger partial charge in [-0.05, 0) is 82.8 Å². The number of hydrogen-bond acceptors (Lipinski definition) is 24. The van der Waals surface area contributed by atoms with E-state index in [2.05, 4.69) is 121 Å². The first-order valence-corrected chi connectivity index (χ1v) is 37.0. The third kappa shape index (κ3) is 31.0. The van der Waals surface area contributed by atoms with Crippen molar-refractivity contribution >= 4 is 138 Å². The van der Waals surface area contributed by atoms with E-state index in [0.717, 1.165) is 34.8 Å². The number of nitrogens with one attached hydrogen (secondary N) is 6. The van der Waals surface area contributed by atoms with Crippen molar-refractivity contribution in [2.45, 2.75) is 83.7 Å². The molecule has 8 heterocycles. The number of thioether (sulfide) groups is 1. The minimum Gasteiger partial charge on any atom is -0.693 e. The number of sulfone groups is 1. The number of hydrogen-bond donors (Lipinski definition) is 8. The molecule has 0 aromatic carbocycles. The van der Waals surface area contributed by atoms with Crippen molar-refractivity contribution in [3.63, 3.8) is 0 Å². The standard InChI is InChI=1S/C18H19FN8O3S.C12H11ClFN5O.C6H5Cl2N3O.C6H7FN2S.C6H9N3.2C3H10Si.Li.H2N/c1-9-7-14(22-10(2)21-9)25-15-8-11(16(27-26-15)18(28)20-3)23-17-12(31(4,29)30)5-6-13(19)24-17;1-6-3-4-9(14)17-11(6)16-7-5-8(13)18-19-10(7)12(20)15-2;1-9-6(12)5-3(7)2-4(8)10-11-5;1-10-4-2-3-5(7)9-6(4)8;1-4-3-6(7)9-5(2)8-4;2*1-4(2)3;;/h5-8H,1-4H3,(H,20,28)(H2,21,22,23,24,25,26);3-5H,1-2H3,(H,15,20)(H,16,17,18);2H,1H3,(H,9,12);2-3H,1H3,(H2,8,9);3H,1-2H3,(H2,7,8,9);2*4H,1-3H3;;1H2/q;;;;;;;+1;-1/i3D3;2D3;1D3;;;;;;. The number of halogens is 6. The SMILES string of the molecule is CSc1ccc(F)nc1N.C[SiH](C)C.C[SiH](C)C.Cc1cc(N)nc(C)n1.[2H]C([2H])([2H])NC(=O)c1nnc(Cl)cc1Cl.[2H]C([2H])([2H])NC(=O)c1nnc(Cl)cc1Nc1nc(F)ccc1C.[2H]C([2H])([2H])NC(=O)c1nnc(Nc2cc(C)nc(C)n2)cc1Nc1nc(F)ccc1S(C)(=O)=O.[Li+].[NH2-]. The van der Waals surface area contributed by atoms with Gasteiger partial charge in [-0.15, -0.1) is 42.4 Å². The van der Waals surface area contributed by atoms with E-state index in [4.69, 9.17) is 58.6 Å². The molecule has 0 aliphatic rings. The minimum atomic E-state index is -3.85. The molecule has 0 radical (unpaired) electrons. The number of aromatic nitrogens is 13. The Bertz CT molecular complexity index is 4120. The maximum Gasteiger partial charge on any atom is 1.00 e. The molecule has 0 fully saturated rings. The molecule has 12 N–H and O–H groups in total. The number of anilines is 8.